The lowest BCUT2D eigenvalue weighted by atomic mass is 10.2. The maximum absolute atomic E-state index is 12.4. The zero-order chi connectivity index (χ0) is 19.8. The topological polar surface area (TPSA) is 54.0 Å². The molecule has 2 aromatic rings. The van der Waals surface area contributed by atoms with E-state index in [2.05, 4.69) is 39.4 Å². The number of hydrogen-bond donors (Lipinski definition) is 1. The second kappa shape index (κ2) is 10.1. The van der Waals surface area contributed by atoms with Crippen molar-refractivity contribution in [2.45, 2.75) is 13.5 Å². The predicted molar refractivity (Wildman–Crippen MR) is 111 cm³/mol. The molecule has 0 radical (unpaired) electrons. The van der Waals surface area contributed by atoms with Gasteiger partial charge in [-0.05, 0) is 24.6 Å². The van der Waals surface area contributed by atoms with Crippen molar-refractivity contribution in [3.8, 4) is 11.5 Å². The number of piperazine rings is 1. The number of carbonyl (C=O) groups is 1. The highest BCUT2D eigenvalue weighted by Crippen LogP contribution is 2.30. The van der Waals surface area contributed by atoms with Crippen molar-refractivity contribution in [1.82, 2.24) is 9.80 Å². The van der Waals surface area contributed by atoms with Gasteiger partial charge < -0.3 is 14.8 Å². The van der Waals surface area contributed by atoms with Crippen LogP contribution in [0.3, 0.4) is 0 Å². The highest BCUT2D eigenvalue weighted by Gasteiger charge is 2.19. The molecule has 1 fully saturated rings. The zero-order valence-corrected chi connectivity index (χ0v) is 16.7. The number of carbonyl (C=O) groups excluding carboxylic acids is 1. The summed E-state index contributed by atoms with van der Waals surface area (Å²) < 4.78 is 10.8. The quantitative estimate of drug-likeness (QED) is 0.760. The minimum atomic E-state index is -0.0114. The Labute approximate surface area is 167 Å². The zero-order valence-electron chi connectivity index (χ0n) is 16.7. The molecule has 1 aliphatic heterocycles. The fourth-order valence-electron chi connectivity index (χ4n) is 3.37. The van der Waals surface area contributed by atoms with E-state index in [1.54, 1.807) is 13.2 Å². The molecule has 150 valence electrons. The summed E-state index contributed by atoms with van der Waals surface area (Å²) in [7, 11) is 1.60. The molecule has 1 N–H and O–H groups in total. The van der Waals surface area contributed by atoms with E-state index in [0.717, 1.165) is 32.7 Å². The number of nitrogens with zero attached hydrogens (tertiary/aromatic N) is 2. The summed E-state index contributed by atoms with van der Waals surface area (Å²) in [5.41, 5.74) is 2.05. The van der Waals surface area contributed by atoms with Crippen LogP contribution in [-0.4, -0.2) is 62.1 Å². The molecular weight excluding hydrogens is 354 g/mol. The number of ether oxygens (including phenoxy) is 2. The Hall–Kier alpha value is -2.57. The molecule has 1 heterocycles. The molecule has 0 atom stereocenters. The third-order valence-corrected chi connectivity index (χ3v) is 4.83. The first kappa shape index (κ1) is 20.2. The van der Waals surface area contributed by atoms with E-state index < -0.39 is 0 Å². The summed E-state index contributed by atoms with van der Waals surface area (Å²) in [4.78, 5) is 17.1. The standard InChI is InChI=1S/C22H29N3O3/c1-3-28-20-10-9-19(15-21(20)27-2)23-22(26)17-25-13-11-24(12-14-25)16-18-7-5-4-6-8-18/h4-10,15H,3,11-14,16-17H2,1-2H3,(H,23,26). The van der Waals surface area contributed by atoms with Gasteiger partial charge in [0.15, 0.2) is 11.5 Å². The maximum Gasteiger partial charge on any atom is 0.238 e. The van der Waals surface area contributed by atoms with Crippen LogP contribution in [0.15, 0.2) is 48.5 Å². The average molecular weight is 383 g/mol. The molecule has 1 amide bonds. The van der Waals surface area contributed by atoms with E-state index in [-0.39, 0.29) is 5.91 Å². The van der Waals surface area contributed by atoms with E-state index in [9.17, 15) is 4.79 Å². The van der Waals surface area contributed by atoms with Crippen molar-refractivity contribution in [3.63, 3.8) is 0 Å². The third kappa shape index (κ3) is 5.71. The van der Waals surface area contributed by atoms with Gasteiger partial charge in [0.05, 0.1) is 20.3 Å². The van der Waals surface area contributed by atoms with Gasteiger partial charge in [-0.1, -0.05) is 30.3 Å². The molecule has 3 rings (SSSR count). The SMILES string of the molecule is CCOc1ccc(NC(=O)CN2CCN(Cc3ccccc3)CC2)cc1OC. The Morgan fingerprint density at radius 3 is 2.39 bits per heavy atom. The van der Waals surface area contributed by atoms with Crippen LogP contribution in [0.25, 0.3) is 0 Å². The molecule has 0 aromatic heterocycles. The van der Waals surface area contributed by atoms with Crippen LogP contribution in [0.5, 0.6) is 11.5 Å². The van der Waals surface area contributed by atoms with Gasteiger partial charge in [-0.2, -0.15) is 0 Å². The van der Waals surface area contributed by atoms with Gasteiger partial charge in [0.2, 0.25) is 5.91 Å². The minimum absolute atomic E-state index is 0.0114. The summed E-state index contributed by atoms with van der Waals surface area (Å²) in [6.45, 7) is 7.59. The molecule has 0 spiro atoms. The number of hydrogen-bond acceptors (Lipinski definition) is 5. The van der Waals surface area contributed by atoms with Crippen LogP contribution < -0.4 is 14.8 Å². The molecule has 2 aromatic carbocycles. The molecule has 0 unspecified atom stereocenters. The van der Waals surface area contributed by atoms with Crippen LogP contribution in [0.2, 0.25) is 0 Å². The molecule has 1 aliphatic rings. The summed E-state index contributed by atoms with van der Waals surface area (Å²) in [5.74, 6) is 1.29. The normalized spacial score (nSPS) is 15.2. The lowest BCUT2D eigenvalue weighted by Gasteiger charge is -2.34. The summed E-state index contributed by atoms with van der Waals surface area (Å²) >= 11 is 0. The second-order valence-electron chi connectivity index (χ2n) is 6.88. The van der Waals surface area contributed by atoms with Crippen molar-refractivity contribution < 1.29 is 14.3 Å². The number of anilines is 1. The van der Waals surface area contributed by atoms with Crippen LogP contribution in [0.1, 0.15) is 12.5 Å². The van der Waals surface area contributed by atoms with Crippen LogP contribution in [0.4, 0.5) is 5.69 Å². The van der Waals surface area contributed by atoms with Gasteiger partial charge in [0.25, 0.3) is 0 Å². The predicted octanol–water partition coefficient (Wildman–Crippen LogP) is 2.85. The average Bonchev–Trinajstić information content (AvgIpc) is 2.71. The molecule has 6 heteroatoms. The van der Waals surface area contributed by atoms with Gasteiger partial charge in [-0.15, -0.1) is 0 Å². The Bertz CT molecular complexity index is 759. The second-order valence-corrected chi connectivity index (χ2v) is 6.88. The van der Waals surface area contributed by atoms with Crippen molar-refractivity contribution in [2.75, 3.05) is 51.8 Å². The van der Waals surface area contributed by atoms with Gasteiger partial charge in [-0.25, -0.2) is 0 Å². The fraction of sp³-hybridized carbons (Fsp3) is 0.409. The first-order chi connectivity index (χ1) is 13.7. The molecule has 6 nitrogen and oxygen atoms in total. The van der Waals surface area contributed by atoms with Crippen molar-refractivity contribution >= 4 is 11.6 Å². The molecule has 0 bridgehead atoms. The van der Waals surface area contributed by atoms with E-state index in [4.69, 9.17) is 9.47 Å². The van der Waals surface area contributed by atoms with Crippen LogP contribution in [0, 0.1) is 0 Å². The van der Waals surface area contributed by atoms with E-state index in [1.165, 1.54) is 5.56 Å². The Balaban J connectivity index is 1.45. The monoisotopic (exact) mass is 383 g/mol. The highest BCUT2D eigenvalue weighted by molar-refractivity contribution is 5.92. The van der Waals surface area contributed by atoms with Gasteiger partial charge >= 0.3 is 0 Å². The summed E-state index contributed by atoms with van der Waals surface area (Å²) in [6.07, 6.45) is 0. The van der Waals surface area contributed by atoms with E-state index in [1.807, 2.05) is 25.1 Å². The van der Waals surface area contributed by atoms with Gasteiger partial charge in [-0.3, -0.25) is 14.6 Å². The third-order valence-electron chi connectivity index (χ3n) is 4.83. The number of benzene rings is 2. The summed E-state index contributed by atoms with van der Waals surface area (Å²) in [6, 6.07) is 16.0. The van der Waals surface area contributed by atoms with E-state index >= 15 is 0 Å². The largest absolute Gasteiger partial charge is 0.493 e. The first-order valence-electron chi connectivity index (χ1n) is 9.77. The smallest absolute Gasteiger partial charge is 0.238 e. The Morgan fingerprint density at radius 1 is 1.00 bits per heavy atom. The molecule has 0 saturated carbocycles. The number of methoxy groups -OCH3 is 1. The Morgan fingerprint density at radius 2 is 1.71 bits per heavy atom. The first-order valence-corrected chi connectivity index (χ1v) is 9.77. The fourth-order valence-corrected chi connectivity index (χ4v) is 3.37. The van der Waals surface area contributed by atoms with Crippen molar-refractivity contribution in [2.24, 2.45) is 0 Å². The molecule has 0 aliphatic carbocycles. The van der Waals surface area contributed by atoms with Crippen molar-refractivity contribution in [3.05, 3.63) is 54.1 Å². The summed E-state index contributed by atoms with van der Waals surface area (Å²) in [5, 5.41) is 2.95. The molecule has 1 saturated heterocycles. The van der Waals surface area contributed by atoms with Crippen molar-refractivity contribution in [1.29, 1.82) is 0 Å². The van der Waals surface area contributed by atoms with Crippen LogP contribution >= 0.6 is 0 Å². The minimum Gasteiger partial charge on any atom is -0.493 e. The molecular formula is C22H29N3O3. The number of rotatable bonds is 8. The lowest BCUT2D eigenvalue weighted by Crippen LogP contribution is -2.48. The highest BCUT2D eigenvalue weighted by atomic mass is 16.5. The maximum atomic E-state index is 12.4. The van der Waals surface area contributed by atoms with Gasteiger partial charge in [0, 0.05) is 44.5 Å². The van der Waals surface area contributed by atoms with Gasteiger partial charge in [0.1, 0.15) is 0 Å². The number of amides is 1. The molecule has 28 heavy (non-hydrogen) atoms. The Kier molecular flexibility index (Phi) is 7.28. The lowest BCUT2D eigenvalue weighted by molar-refractivity contribution is -0.117. The van der Waals surface area contributed by atoms with E-state index in [0.29, 0.717) is 30.3 Å². The number of nitrogens with one attached hydrogen (secondary N) is 1. The van der Waals surface area contributed by atoms with Crippen LogP contribution in [-0.2, 0) is 11.3 Å².